The summed E-state index contributed by atoms with van der Waals surface area (Å²) >= 11 is 12.3. The zero-order chi connectivity index (χ0) is 20.2. The topological polar surface area (TPSA) is 6.48 Å². The summed E-state index contributed by atoms with van der Waals surface area (Å²) in [5, 5.41) is 1.54. The highest BCUT2D eigenvalue weighted by Gasteiger charge is 2.29. The first-order valence-electron chi connectivity index (χ1n) is 10.1. The van der Waals surface area contributed by atoms with Gasteiger partial charge in [-0.05, 0) is 53.4 Å². The largest absolute Gasteiger partial charge is 0.363 e. The van der Waals surface area contributed by atoms with Crippen LogP contribution in [0.15, 0.2) is 78.9 Å². The molecule has 2 atom stereocenters. The summed E-state index contributed by atoms with van der Waals surface area (Å²) in [5.74, 6) is 0.548. The van der Waals surface area contributed by atoms with Crippen LogP contribution in [-0.4, -0.2) is 24.5 Å². The third-order valence-electron chi connectivity index (χ3n) is 5.55. The van der Waals surface area contributed by atoms with Crippen molar-refractivity contribution in [3.63, 3.8) is 0 Å². The Labute approximate surface area is 183 Å². The number of hydrogen-bond donors (Lipinski definition) is 0. The number of halogens is 2. The standard InChI is InChI=1S/C25H26Cl2N2/c1-19-15-28(17-20-5-3-2-4-6-20)18-25(21-7-9-22(26)10-8-21)29(16-19)24-13-11-23(27)12-14-24/h2-14,19,25H,15-18H2,1H3. The van der Waals surface area contributed by atoms with Crippen molar-refractivity contribution in [3.8, 4) is 0 Å². The van der Waals surface area contributed by atoms with Crippen LogP contribution >= 0.6 is 23.2 Å². The van der Waals surface area contributed by atoms with Crippen molar-refractivity contribution in [1.82, 2.24) is 4.90 Å². The lowest BCUT2D eigenvalue weighted by atomic mass is 10.0. The molecule has 29 heavy (non-hydrogen) atoms. The van der Waals surface area contributed by atoms with Gasteiger partial charge in [-0.3, -0.25) is 4.90 Å². The highest BCUT2D eigenvalue weighted by molar-refractivity contribution is 6.30. The molecule has 0 spiro atoms. The van der Waals surface area contributed by atoms with Crippen LogP contribution < -0.4 is 4.90 Å². The number of anilines is 1. The molecule has 2 unspecified atom stereocenters. The second-order valence-electron chi connectivity index (χ2n) is 7.98. The molecule has 0 aromatic heterocycles. The Bertz CT molecular complexity index is 910. The van der Waals surface area contributed by atoms with Crippen LogP contribution in [0, 0.1) is 5.92 Å². The molecule has 1 heterocycles. The van der Waals surface area contributed by atoms with Gasteiger partial charge in [-0.2, -0.15) is 0 Å². The zero-order valence-electron chi connectivity index (χ0n) is 16.6. The van der Waals surface area contributed by atoms with E-state index < -0.39 is 0 Å². The van der Waals surface area contributed by atoms with Gasteiger partial charge in [0.15, 0.2) is 0 Å². The fourth-order valence-corrected chi connectivity index (χ4v) is 4.49. The fraction of sp³-hybridized carbons (Fsp3) is 0.280. The molecule has 4 rings (SSSR count). The van der Waals surface area contributed by atoms with Gasteiger partial charge in [-0.15, -0.1) is 0 Å². The van der Waals surface area contributed by atoms with Gasteiger partial charge in [0, 0.05) is 41.9 Å². The van der Waals surface area contributed by atoms with Crippen LogP contribution in [-0.2, 0) is 6.54 Å². The average Bonchev–Trinajstić information content (AvgIpc) is 2.88. The molecule has 1 saturated heterocycles. The van der Waals surface area contributed by atoms with Crippen molar-refractivity contribution in [2.75, 3.05) is 24.5 Å². The number of nitrogens with zero attached hydrogens (tertiary/aromatic N) is 2. The van der Waals surface area contributed by atoms with E-state index in [9.17, 15) is 0 Å². The average molecular weight is 425 g/mol. The molecule has 1 aliphatic rings. The Morgan fingerprint density at radius 1 is 0.759 bits per heavy atom. The molecule has 0 amide bonds. The lowest BCUT2D eigenvalue weighted by Gasteiger charge is -2.34. The van der Waals surface area contributed by atoms with Crippen LogP contribution in [0.4, 0.5) is 5.69 Å². The molecular formula is C25H26Cl2N2. The smallest absolute Gasteiger partial charge is 0.0669 e. The van der Waals surface area contributed by atoms with Crippen LogP contribution in [0.5, 0.6) is 0 Å². The maximum absolute atomic E-state index is 6.17. The van der Waals surface area contributed by atoms with Gasteiger partial charge < -0.3 is 4.90 Å². The molecule has 0 saturated carbocycles. The number of benzene rings is 3. The van der Waals surface area contributed by atoms with Gasteiger partial charge in [0.1, 0.15) is 0 Å². The van der Waals surface area contributed by atoms with Crippen molar-refractivity contribution >= 4 is 28.9 Å². The summed E-state index contributed by atoms with van der Waals surface area (Å²) in [6.45, 7) is 6.33. The maximum Gasteiger partial charge on any atom is 0.0669 e. The van der Waals surface area contributed by atoms with Crippen LogP contribution in [0.2, 0.25) is 10.0 Å². The van der Waals surface area contributed by atoms with E-state index in [0.717, 1.165) is 36.2 Å². The summed E-state index contributed by atoms with van der Waals surface area (Å²) in [4.78, 5) is 5.10. The predicted octanol–water partition coefficient (Wildman–Crippen LogP) is 6.69. The highest BCUT2D eigenvalue weighted by Crippen LogP contribution is 2.33. The second kappa shape index (κ2) is 9.21. The first-order chi connectivity index (χ1) is 14.1. The maximum atomic E-state index is 6.17. The molecule has 150 valence electrons. The monoisotopic (exact) mass is 424 g/mol. The van der Waals surface area contributed by atoms with E-state index in [-0.39, 0.29) is 6.04 Å². The SMILES string of the molecule is CC1CN(Cc2ccccc2)CC(c2ccc(Cl)cc2)N(c2ccc(Cl)cc2)C1. The Hall–Kier alpha value is -2.00. The predicted molar refractivity (Wildman–Crippen MR) is 124 cm³/mol. The summed E-state index contributed by atoms with van der Waals surface area (Å²) in [5.41, 5.74) is 3.86. The second-order valence-corrected chi connectivity index (χ2v) is 8.85. The molecule has 3 aromatic rings. The summed E-state index contributed by atoms with van der Waals surface area (Å²) in [7, 11) is 0. The quantitative estimate of drug-likeness (QED) is 0.459. The molecule has 1 fully saturated rings. The van der Waals surface area contributed by atoms with Gasteiger partial charge in [0.25, 0.3) is 0 Å². The number of hydrogen-bond acceptors (Lipinski definition) is 2. The van der Waals surface area contributed by atoms with E-state index in [1.807, 2.05) is 24.3 Å². The first-order valence-corrected chi connectivity index (χ1v) is 10.9. The Morgan fingerprint density at radius 2 is 1.38 bits per heavy atom. The van der Waals surface area contributed by atoms with Gasteiger partial charge in [-0.25, -0.2) is 0 Å². The lowest BCUT2D eigenvalue weighted by Crippen LogP contribution is -2.34. The lowest BCUT2D eigenvalue weighted by molar-refractivity contribution is 0.242. The minimum absolute atomic E-state index is 0.252. The summed E-state index contributed by atoms with van der Waals surface area (Å²) < 4.78 is 0. The molecule has 1 aliphatic heterocycles. The Morgan fingerprint density at radius 3 is 2.03 bits per heavy atom. The molecule has 4 heteroatoms. The third-order valence-corrected chi connectivity index (χ3v) is 6.05. The Balaban J connectivity index is 1.67. The summed E-state index contributed by atoms with van der Waals surface area (Å²) in [6, 6.07) is 27.5. The Kier molecular flexibility index (Phi) is 6.44. The number of rotatable bonds is 4. The fourth-order valence-electron chi connectivity index (χ4n) is 4.24. The van der Waals surface area contributed by atoms with E-state index in [4.69, 9.17) is 23.2 Å². The van der Waals surface area contributed by atoms with E-state index in [1.165, 1.54) is 16.8 Å². The van der Waals surface area contributed by atoms with E-state index in [0.29, 0.717) is 5.92 Å². The zero-order valence-corrected chi connectivity index (χ0v) is 18.2. The summed E-state index contributed by atoms with van der Waals surface area (Å²) in [6.07, 6.45) is 0. The molecule has 0 radical (unpaired) electrons. The van der Waals surface area contributed by atoms with Crippen LogP contribution in [0.1, 0.15) is 24.1 Å². The van der Waals surface area contributed by atoms with Crippen LogP contribution in [0.3, 0.4) is 0 Å². The molecule has 0 aliphatic carbocycles. The van der Waals surface area contributed by atoms with E-state index in [1.54, 1.807) is 0 Å². The van der Waals surface area contributed by atoms with Gasteiger partial charge in [-0.1, -0.05) is 72.6 Å². The van der Waals surface area contributed by atoms with Crippen molar-refractivity contribution in [3.05, 3.63) is 100 Å². The van der Waals surface area contributed by atoms with Crippen molar-refractivity contribution in [2.45, 2.75) is 19.5 Å². The van der Waals surface area contributed by atoms with Gasteiger partial charge in [0.05, 0.1) is 6.04 Å². The molecule has 0 bridgehead atoms. The van der Waals surface area contributed by atoms with E-state index >= 15 is 0 Å². The molecule has 2 nitrogen and oxygen atoms in total. The minimum atomic E-state index is 0.252. The molecule has 3 aromatic carbocycles. The minimum Gasteiger partial charge on any atom is -0.363 e. The van der Waals surface area contributed by atoms with Gasteiger partial charge >= 0.3 is 0 Å². The van der Waals surface area contributed by atoms with Crippen molar-refractivity contribution in [1.29, 1.82) is 0 Å². The van der Waals surface area contributed by atoms with Crippen molar-refractivity contribution in [2.24, 2.45) is 5.92 Å². The molecular weight excluding hydrogens is 399 g/mol. The third kappa shape index (κ3) is 5.14. The van der Waals surface area contributed by atoms with E-state index in [2.05, 4.69) is 71.3 Å². The normalized spacial score (nSPS) is 20.4. The highest BCUT2D eigenvalue weighted by atomic mass is 35.5. The van der Waals surface area contributed by atoms with Gasteiger partial charge in [0.2, 0.25) is 0 Å². The van der Waals surface area contributed by atoms with Crippen LogP contribution in [0.25, 0.3) is 0 Å². The van der Waals surface area contributed by atoms with Crippen molar-refractivity contribution < 1.29 is 0 Å². The molecule has 0 N–H and O–H groups in total. The first kappa shape index (κ1) is 20.3.